The van der Waals surface area contributed by atoms with E-state index in [2.05, 4.69) is 6.58 Å². The van der Waals surface area contributed by atoms with Crippen molar-refractivity contribution in [2.45, 2.75) is 30.7 Å². The first kappa shape index (κ1) is 14.8. The first-order valence-corrected chi connectivity index (χ1v) is 8.29. The van der Waals surface area contributed by atoms with Crippen molar-refractivity contribution in [1.29, 1.82) is 0 Å². The molecular weight excluding hydrogens is 274 g/mol. The van der Waals surface area contributed by atoms with E-state index in [1.54, 1.807) is 35.2 Å². The lowest BCUT2D eigenvalue weighted by molar-refractivity contribution is -0.128. The summed E-state index contributed by atoms with van der Waals surface area (Å²) in [6.07, 6.45) is 2.65. The highest BCUT2D eigenvalue weighted by Crippen LogP contribution is 2.23. The number of carbonyl (C=O) groups excluding carboxylic acids is 1. The van der Waals surface area contributed by atoms with Gasteiger partial charge in [0.25, 0.3) is 0 Å². The van der Waals surface area contributed by atoms with Crippen LogP contribution in [0, 0.1) is 6.92 Å². The molecular formula is C15H19NO3S. The minimum Gasteiger partial charge on any atom is -0.335 e. The van der Waals surface area contributed by atoms with Crippen molar-refractivity contribution < 1.29 is 13.2 Å². The van der Waals surface area contributed by atoms with Gasteiger partial charge in [0.05, 0.1) is 10.6 Å². The molecule has 108 valence electrons. The molecule has 1 heterocycles. The summed E-state index contributed by atoms with van der Waals surface area (Å²) >= 11 is 0. The van der Waals surface area contributed by atoms with Crippen LogP contribution < -0.4 is 0 Å². The van der Waals surface area contributed by atoms with Gasteiger partial charge in [0.2, 0.25) is 5.91 Å². The van der Waals surface area contributed by atoms with Crippen molar-refractivity contribution in [3.8, 4) is 0 Å². The van der Waals surface area contributed by atoms with Gasteiger partial charge in [-0.2, -0.15) is 0 Å². The van der Waals surface area contributed by atoms with Crippen LogP contribution in [0.3, 0.4) is 0 Å². The SMILES string of the molecule is C=CCN1C(=O)CC[C@H]1CS(=O)(=O)c1ccc(C)cc1. The summed E-state index contributed by atoms with van der Waals surface area (Å²) in [5.74, 6) is -0.00987. The van der Waals surface area contributed by atoms with Crippen molar-refractivity contribution in [2.24, 2.45) is 0 Å². The van der Waals surface area contributed by atoms with Crippen LogP contribution in [0.15, 0.2) is 41.8 Å². The highest BCUT2D eigenvalue weighted by atomic mass is 32.2. The Morgan fingerprint density at radius 3 is 2.60 bits per heavy atom. The molecule has 0 unspecified atom stereocenters. The van der Waals surface area contributed by atoms with Crippen LogP contribution in [0.5, 0.6) is 0 Å². The predicted molar refractivity (Wildman–Crippen MR) is 78.2 cm³/mol. The van der Waals surface area contributed by atoms with Gasteiger partial charge in [-0.05, 0) is 25.5 Å². The molecule has 0 spiro atoms. The van der Waals surface area contributed by atoms with E-state index < -0.39 is 9.84 Å². The fraction of sp³-hybridized carbons (Fsp3) is 0.400. The second kappa shape index (κ2) is 5.79. The Morgan fingerprint density at radius 2 is 2.00 bits per heavy atom. The third-order valence-corrected chi connectivity index (χ3v) is 5.38. The van der Waals surface area contributed by atoms with Crippen LogP contribution in [0.4, 0.5) is 0 Å². The molecule has 20 heavy (non-hydrogen) atoms. The van der Waals surface area contributed by atoms with E-state index in [1.807, 2.05) is 6.92 Å². The van der Waals surface area contributed by atoms with E-state index in [-0.39, 0.29) is 17.7 Å². The molecule has 0 radical (unpaired) electrons. The van der Waals surface area contributed by atoms with E-state index >= 15 is 0 Å². The van der Waals surface area contributed by atoms with Gasteiger partial charge in [-0.15, -0.1) is 6.58 Å². The Bertz CT molecular complexity index is 605. The molecule has 1 aromatic carbocycles. The fourth-order valence-electron chi connectivity index (χ4n) is 2.45. The van der Waals surface area contributed by atoms with Gasteiger partial charge in [0.1, 0.15) is 0 Å². The molecule has 5 heteroatoms. The van der Waals surface area contributed by atoms with Crippen LogP contribution in [-0.2, 0) is 14.6 Å². The summed E-state index contributed by atoms with van der Waals surface area (Å²) in [5, 5.41) is 0. The maximum Gasteiger partial charge on any atom is 0.223 e. The molecule has 0 aliphatic carbocycles. The van der Waals surface area contributed by atoms with Crippen molar-refractivity contribution in [3.05, 3.63) is 42.5 Å². The lowest BCUT2D eigenvalue weighted by atomic mass is 10.2. The van der Waals surface area contributed by atoms with Crippen molar-refractivity contribution >= 4 is 15.7 Å². The van der Waals surface area contributed by atoms with Crippen LogP contribution in [0.2, 0.25) is 0 Å². The first-order valence-electron chi connectivity index (χ1n) is 6.64. The van der Waals surface area contributed by atoms with Gasteiger partial charge in [-0.3, -0.25) is 4.79 Å². The van der Waals surface area contributed by atoms with E-state index in [1.165, 1.54) is 0 Å². The lowest BCUT2D eigenvalue weighted by Crippen LogP contribution is -2.37. The second-order valence-electron chi connectivity index (χ2n) is 5.12. The summed E-state index contributed by atoms with van der Waals surface area (Å²) in [6.45, 7) is 5.94. The number of carbonyl (C=O) groups is 1. The van der Waals surface area contributed by atoms with Crippen LogP contribution in [0.1, 0.15) is 18.4 Å². The number of likely N-dealkylation sites (tertiary alicyclic amines) is 1. The number of benzene rings is 1. The summed E-state index contributed by atoms with van der Waals surface area (Å²) in [7, 11) is -3.36. The Labute approximate surface area is 120 Å². The number of sulfone groups is 1. The Morgan fingerprint density at radius 1 is 1.35 bits per heavy atom. The maximum absolute atomic E-state index is 12.4. The zero-order valence-corrected chi connectivity index (χ0v) is 12.4. The van der Waals surface area contributed by atoms with Gasteiger partial charge in [0, 0.05) is 19.0 Å². The molecule has 1 atom stereocenters. The molecule has 1 aromatic rings. The van der Waals surface area contributed by atoms with Crippen LogP contribution >= 0.6 is 0 Å². The Kier molecular flexibility index (Phi) is 4.28. The normalized spacial score (nSPS) is 19.4. The summed E-state index contributed by atoms with van der Waals surface area (Å²) in [5.41, 5.74) is 1.02. The van der Waals surface area contributed by atoms with E-state index in [0.717, 1.165) is 5.56 Å². The molecule has 1 aliphatic heterocycles. The Hall–Kier alpha value is -1.62. The van der Waals surface area contributed by atoms with Crippen LogP contribution in [0.25, 0.3) is 0 Å². The number of rotatable bonds is 5. The Balaban J connectivity index is 2.17. The quantitative estimate of drug-likeness (QED) is 0.780. The first-order chi connectivity index (χ1) is 9.44. The van der Waals surface area contributed by atoms with Crippen molar-refractivity contribution in [2.75, 3.05) is 12.3 Å². The van der Waals surface area contributed by atoms with Crippen molar-refractivity contribution in [1.82, 2.24) is 4.90 Å². The zero-order valence-electron chi connectivity index (χ0n) is 11.6. The average molecular weight is 293 g/mol. The molecule has 4 nitrogen and oxygen atoms in total. The standard InChI is InChI=1S/C15H19NO3S/c1-3-10-16-13(6-9-15(16)17)11-20(18,19)14-7-4-12(2)5-8-14/h3-5,7-8,13H,1,6,9-11H2,2H3/t13-/m0/s1. The smallest absolute Gasteiger partial charge is 0.223 e. The largest absolute Gasteiger partial charge is 0.335 e. The minimum absolute atomic E-state index is 0.00834. The molecule has 1 saturated heterocycles. The number of amides is 1. The molecule has 0 saturated carbocycles. The maximum atomic E-state index is 12.4. The monoisotopic (exact) mass is 293 g/mol. The van der Waals surface area contributed by atoms with E-state index in [4.69, 9.17) is 0 Å². The highest BCUT2D eigenvalue weighted by molar-refractivity contribution is 7.91. The molecule has 2 rings (SSSR count). The van der Waals surface area contributed by atoms with Crippen molar-refractivity contribution in [3.63, 3.8) is 0 Å². The van der Waals surface area contributed by atoms with E-state index in [0.29, 0.717) is 24.3 Å². The summed E-state index contributed by atoms with van der Waals surface area (Å²) in [4.78, 5) is 13.7. The number of hydrogen-bond donors (Lipinski definition) is 0. The molecule has 1 fully saturated rings. The predicted octanol–water partition coefficient (Wildman–Crippen LogP) is 1.95. The number of hydrogen-bond acceptors (Lipinski definition) is 3. The molecule has 0 aromatic heterocycles. The number of nitrogens with zero attached hydrogens (tertiary/aromatic N) is 1. The fourth-order valence-corrected chi connectivity index (χ4v) is 4.05. The second-order valence-corrected chi connectivity index (χ2v) is 7.16. The summed E-state index contributed by atoms with van der Waals surface area (Å²) in [6, 6.07) is 6.58. The third kappa shape index (κ3) is 3.10. The highest BCUT2D eigenvalue weighted by Gasteiger charge is 2.33. The third-order valence-electron chi connectivity index (χ3n) is 3.57. The molecule has 1 amide bonds. The minimum atomic E-state index is -3.36. The van der Waals surface area contributed by atoms with E-state index in [9.17, 15) is 13.2 Å². The molecule has 0 bridgehead atoms. The van der Waals surface area contributed by atoms with Crippen LogP contribution in [-0.4, -0.2) is 37.6 Å². The van der Waals surface area contributed by atoms with Gasteiger partial charge in [0.15, 0.2) is 9.84 Å². The molecule has 1 aliphatic rings. The van der Waals surface area contributed by atoms with Gasteiger partial charge in [-0.1, -0.05) is 23.8 Å². The number of aryl methyl sites for hydroxylation is 1. The van der Waals surface area contributed by atoms with Gasteiger partial charge >= 0.3 is 0 Å². The average Bonchev–Trinajstić information content (AvgIpc) is 2.72. The zero-order chi connectivity index (χ0) is 14.8. The molecule has 0 N–H and O–H groups in total. The topological polar surface area (TPSA) is 54.5 Å². The van der Waals surface area contributed by atoms with Gasteiger partial charge < -0.3 is 4.90 Å². The van der Waals surface area contributed by atoms with Gasteiger partial charge in [-0.25, -0.2) is 8.42 Å². The lowest BCUT2D eigenvalue weighted by Gasteiger charge is -2.23. The summed E-state index contributed by atoms with van der Waals surface area (Å²) < 4.78 is 24.8.